The zero-order valence-corrected chi connectivity index (χ0v) is 21.1. The van der Waals surface area contributed by atoms with Gasteiger partial charge in [0.1, 0.15) is 11.2 Å². The van der Waals surface area contributed by atoms with Crippen LogP contribution in [0.15, 0.2) is 144 Å². The van der Waals surface area contributed by atoms with Gasteiger partial charge >= 0.3 is 0 Å². The maximum atomic E-state index is 6.49. The van der Waals surface area contributed by atoms with Gasteiger partial charge in [0.2, 0.25) is 0 Å². The number of furan rings is 1. The summed E-state index contributed by atoms with van der Waals surface area (Å²) in [6.07, 6.45) is 0. The zero-order valence-electron chi connectivity index (χ0n) is 21.1. The molecule has 39 heavy (non-hydrogen) atoms. The summed E-state index contributed by atoms with van der Waals surface area (Å²) in [6, 6.07) is 48.8. The van der Waals surface area contributed by atoms with E-state index < -0.39 is 0 Å². The molecule has 0 aliphatic carbocycles. The molecule has 2 heterocycles. The molecule has 6 aromatic carbocycles. The summed E-state index contributed by atoms with van der Waals surface area (Å²) in [6.45, 7) is 0. The van der Waals surface area contributed by atoms with Crippen LogP contribution in [0.2, 0.25) is 0 Å². The predicted octanol–water partition coefficient (Wildman–Crippen LogP) is 10.1. The predicted molar refractivity (Wildman–Crippen MR) is 163 cm³/mol. The van der Waals surface area contributed by atoms with E-state index in [1.165, 1.54) is 21.8 Å². The molecule has 0 amide bonds. The molecule has 0 unspecified atom stereocenters. The third-order valence-electron chi connectivity index (χ3n) is 7.59. The minimum Gasteiger partial charge on any atom is -0.455 e. The fourth-order valence-corrected chi connectivity index (χ4v) is 5.90. The Hall–Kier alpha value is -5.28. The zero-order chi connectivity index (χ0) is 25.8. The Kier molecular flexibility index (Phi) is 4.82. The first-order valence-corrected chi connectivity index (χ1v) is 13.2. The Morgan fingerprint density at radius 2 is 1.15 bits per heavy atom. The summed E-state index contributed by atoms with van der Waals surface area (Å²) in [7, 11) is 0. The molecule has 0 spiro atoms. The fourth-order valence-electron chi connectivity index (χ4n) is 5.90. The number of hydrogen-bond donors (Lipinski definition) is 1. The monoisotopic (exact) mass is 500 g/mol. The molecule has 3 heteroatoms. The molecule has 8 aromatic rings. The normalized spacial score (nSPS) is 11.6. The maximum absolute atomic E-state index is 6.49. The van der Waals surface area contributed by atoms with Crippen molar-refractivity contribution >= 4 is 55.1 Å². The van der Waals surface area contributed by atoms with Gasteiger partial charge < -0.3 is 14.3 Å². The third kappa shape index (κ3) is 3.37. The van der Waals surface area contributed by atoms with Gasteiger partial charge in [-0.2, -0.15) is 0 Å². The number of hydrogen-bond acceptors (Lipinski definition) is 2. The lowest BCUT2D eigenvalue weighted by atomic mass is 10.0. The second kappa shape index (κ2) is 8.64. The van der Waals surface area contributed by atoms with E-state index in [1.807, 2.05) is 18.2 Å². The quantitative estimate of drug-likeness (QED) is 0.260. The van der Waals surface area contributed by atoms with Crippen LogP contribution in [-0.4, -0.2) is 4.57 Å². The number of rotatable bonds is 4. The highest BCUT2D eigenvalue weighted by molar-refractivity contribution is 6.19. The molecule has 2 aromatic heterocycles. The van der Waals surface area contributed by atoms with Gasteiger partial charge in [0.25, 0.3) is 0 Å². The second-order valence-electron chi connectivity index (χ2n) is 9.84. The Bertz CT molecular complexity index is 2130. The SMILES string of the molecule is c1ccc(-c2ccc(Nc3cccc4c3c3ccccc3n4-c3ccccc3)c3c2oc2ccccc23)cc1. The molecular weight excluding hydrogens is 476 g/mol. The summed E-state index contributed by atoms with van der Waals surface area (Å²) < 4.78 is 8.84. The lowest BCUT2D eigenvalue weighted by Crippen LogP contribution is -1.95. The fraction of sp³-hybridized carbons (Fsp3) is 0. The molecule has 0 saturated carbocycles. The average Bonchev–Trinajstić information content (AvgIpc) is 3.55. The number of para-hydroxylation sites is 3. The number of nitrogens with zero attached hydrogens (tertiary/aromatic N) is 1. The van der Waals surface area contributed by atoms with Crippen LogP contribution >= 0.6 is 0 Å². The van der Waals surface area contributed by atoms with Gasteiger partial charge in [-0.25, -0.2) is 0 Å². The van der Waals surface area contributed by atoms with Gasteiger partial charge in [-0.1, -0.05) is 91.0 Å². The first kappa shape index (κ1) is 21.8. The van der Waals surface area contributed by atoms with E-state index in [0.29, 0.717) is 0 Å². The van der Waals surface area contributed by atoms with E-state index in [2.05, 4.69) is 131 Å². The molecule has 0 saturated heterocycles. The summed E-state index contributed by atoms with van der Waals surface area (Å²) in [5.74, 6) is 0. The van der Waals surface area contributed by atoms with Gasteiger partial charge in [0.05, 0.1) is 22.1 Å². The number of anilines is 2. The minimum absolute atomic E-state index is 0.887. The molecule has 8 rings (SSSR count). The Labute approximate surface area is 225 Å². The van der Waals surface area contributed by atoms with E-state index in [0.717, 1.165) is 50.1 Å². The number of benzene rings is 6. The molecular formula is C36H24N2O. The third-order valence-corrected chi connectivity index (χ3v) is 7.59. The van der Waals surface area contributed by atoms with Crippen LogP contribution in [0.4, 0.5) is 11.4 Å². The van der Waals surface area contributed by atoms with Crippen molar-refractivity contribution in [1.29, 1.82) is 0 Å². The lowest BCUT2D eigenvalue weighted by Gasteiger charge is -2.12. The summed E-state index contributed by atoms with van der Waals surface area (Å²) in [4.78, 5) is 0. The van der Waals surface area contributed by atoms with Gasteiger partial charge in [-0.3, -0.25) is 0 Å². The molecule has 0 aliphatic heterocycles. The number of fused-ring (bicyclic) bond motifs is 6. The van der Waals surface area contributed by atoms with Crippen LogP contribution in [0, 0.1) is 0 Å². The molecule has 0 bridgehead atoms. The van der Waals surface area contributed by atoms with Crippen LogP contribution in [0.5, 0.6) is 0 Å². The van der Waals surface area contributed by atoms with E-state index in [1.54, 1.807) is 0 Å². The van der Waals surface area contributed by atoms with E-state index >= 15 is 0 Å². The Morgan fingerprint density at radius 1 is 0.487 bits per heavy atom. The molecule has 3 nitrogen and oxygen atoms in total. The van der Waals surface area contributed by atoms with Gasteiger partial charge in [0.15, 0.2) is 0 Å². The van der Waals surface area contributed by atoms with Crippen molar-refractivity contribution in [1.82, 2.24) is 4.57 Å². The standard InChI is InChI=1S/C36H24N2O/c1-3-12-24(13-4-1)26-22-23-30(35-28-17-8-10-21-33(28)39-36(26)35)37-29-18-11-20-32-34(29)27-16-7-9-19-31(27)38(32)25-14-5-2-6-15-25/h1-23,37H. The van der Waals surface area contributed by atoms with Gasteiger partial charge in [0, 0.05) is 33.1 Å². The van der Waals surface area contributed by atoms with E-state index in [4.69, 9.17) is 4.42 Å². The van der Waals surface area contributed by atoms with Crippen molar-refractivity contribution in [2.75, 3.05) is 5.32 Å². The highest BCUT2D eigenvalue weighted by atomic mass is 16.3. The van der Waals surface area contributed by atoms with Crippen molar-refractivity contribution in [2.24, 2.45) is 0 Å². The van der Waals surface area contributed by atoms with E-state index in [-0.39, 0.29) is 0 Å². The van der Waals surface area contributed by atoms with Crippen LogP contribution < -0.4 is 5.32 Å². The largest absolute Gasteiger partial charge is 0.455 e. The van der Waals surface area contributed by atoms with E-state index in [9.17, 15) is 0 Å². The van der Waals surface area contributed by atoms with Crippen LogP contribution in [-0.2, 0) is 0 Å². The van der Waals surface area contributed by atoms with Crippen molar-refractivity contribution < 1.29 is 4.42 Å². The summed E-state index contributed by atoms with van der Waals surface area (Å²) >= 11 is 0. The van der Waals surface area contributed by atoms with Crippen molar-refractivity contribution in [3.8, 4) is 16.8 Å². The summed E-state index contributed by atoms with van der Waals surface area (Å²) in [5, 5.41) is 8.44. The Morgan fingerprint density at radius 3 is 2.00 bits per heavy atom. The molecule has 0 fully saturated rings. The van der Waals surface area contributed by atoms with Crippen molar-refractivity contribution in [3.05, 3.63) is 140 Å². The smallest absolute Gasteiger partial charge is 0.145 e. The van der Waals surface area contributed by atoms with Crippen LogP contribution in [0.25, 0.3) is 60.6 Å². The topological polar surface area (TPSA) is 30.1 Å². The molecule has 0 radical (unpaired) electrons. The lowest BCUT2D eigenvalue weighted by molar-refractivity contribution is 0.670. The second-order valence-corrected chi connectivity index (χ2v) is 9.84. The van der Waals surface area contributed by atoms with Gasteiger partial charge in [-0.15, -0.1) is 0 Å². The number of aromatic nitrogens is 1. The Balaban J connectivity index is 1.39. The van der Waals surface area contributed by atoms with Gasteiger partial charge in [-0.05, 0) is 54.1 Å². The molecule has 184 valence electrons. The number of nitrogens with one attached hydrogen (secondary N) is 1. The summed E-state index contributed by atoms with van der Waals surface area (Å²) in [5.41, 5.74) is 9.61. The highest BCUT2D eigenvalue weighted by Gasteiger charge is 2.19. The minimum atomic E-state index is 0.887. The van der Waals surface area contributed by atoms with Crippen LogP contribution in [0.3, 0.4) is 0 Å². The molecule has 0 aliphatic rings. The van der Waals surface area contributed by atoms with Crippen LogP contribution in [0.1, 0.15) is 0 Å². The maximum Gasteiger partial charge on any atom is 0.145 e. The molecule has 0 atom stereocenters. The van der Waals surface area contributed by atoms with Crippen molar-refractivity contribution in [2.45, 2.75) is 0 Å². The first-order chi connectivity index (χ1) is 19.4. The molecule has 1 N–H and O–H groups in total. The highest BCUT2D eigenvalue weighted by Crippen LogP contribution is 2.43. The van der Waals surface area contributed by atoms with Crippen molar-refractivity contribution in [3.63, 3.8) is 0 Å². The average molecular weight is 501 g/mol. The first-order valence-electron chi connectivity index (χ1n) is 13.2.